The Morgan fingerprint density at radius 1 is 1.43 bits per heavy atom. The van der Waals surface area contributed by atoms with Crippen LogP contribution in [0, 0.1) is 0 Å². The van der Waals surface area contributed by atoms with Gasteiger partial charge in [-0.15, -0.1) is 0 Å². The van der Waals surface area contributed by atoms with Gasteiger partial charge in [-0.25, -0.2) is 4.98 Å². The second kappa shape index (κ2) is 3.93. The first-order valence-electron chi connectivity index (χ1n) is 4.13. The van der Waals surface area contributed by atoms with Crippen molar-refractivity contribution >= 4 is 0 Å². The van der Waals surface area contributed by atoms with Gasteiger partial charge in [0.25, 0.3) is 0 Å². The Labute approximate surface area is 80.4 Å². The zero-order valence-electron chi connectivity index (χ0n) is 7.64. The Bertz CT molecular complexity index is 399. The first-order valence-corrected chi connectivity index (χ1v) is 4.13. The first-order chi connectivity index (χ1) is 6.90. The van der Waals surface area contributed by atoms with Crippen molar-refractivity contribution in [2.45, 2.75) is 6.54 Å². The van der Waals surface area contributed by atoms with Gasteiger partial charge in [0.05, 0.1) is 12.7 Å². The smallest absolute Gasteiger partial charge is 0.240 e. The lowest BCUT2D eigenvalue weighted by molar-refractivity contribution is 0.372. The second-order valence-corrected chi connectivity index (χ2v) is 2.63. The monoisotopic (exact) mass is 191 g/mol. The normalized spacial score (nSPS) is 10.4. The van der Waals surface area contributed by atoms with Crippen LogP contribution in [0.1, 0.15) is 5.89 Å². The molecule has 0 fully saturated rings. The van der Waals surface area contributed by atoms with Crippen molar-refractivity contribution in [2.24, 2.45) is 0 Å². The van der Waals surface area contributed by atoms with E-state index >= 15 is 0 Å². The molecular weight excluding hydrogens is 182 g/mol. The summed E-state index contributed by atoms with van der Waals surface area (Å²) in [4.78, 5) is 12.1. The van der Waals surface area contributed by atoms with Crippen molar-refractivity contribution in [3.8, 4) is 11.5 Å². The van der Waals surface area contributed by atoms with Gasteiger partial charge in [0.1, 0.15) is 5.69 Å². The molecule has 0 aromatic carbocycles. The Kier molecular flexibility index (Phi) is 2.46. The highest BCUT2D eigenvalue weighted by Gasteiger charge is 2.08. The van der Waals surface area contributed by atoms with Gasteiger partial charge in [0.2, 0.25) is 11.7 Å². The van der Waals surface area contributed by atoms with E-state index in [1.807, 2.05) is 7.05 Å². The second-order valence-electron chi connectivity index (χ2n) is 2.63. The summed E-state index contributed by atoms with van der Waals surface area (Å²) in [5.74, 6) is 0.997. The van der Waals surface area contributed by atoms with Gasteiger partial charge < -0.3 is 9.84 Å². The molecule has 0 saturated carbocycles. The summed E-state index contributed by atoms with van der Waals surface area (Å²) < 4.78 is 4.97. The van der Waals surface area contributed by atoms with Crippen LogP contribution in [0.3, 0.4) is 0 Å². The minimum absolute atomic E-state index is 0.461. The maximum atomic E-state index is 4.97. The maximum Gasteiger partial charge on any atom is 0.240 e. The SMILES string of the molecule is CNCc1nc(-c2cnccn2)no1. The molecule has 2 aromatic heterocycles. The van der Waals surface area contributed by atoms with Crippen LogP contribution in [0.4, 0.5) is 0 Å². The predicted octanol–water partition coefficient (Wildman–Crippen LogP) is 0.246. The molecule has 0 spiro atoms. The Morgan fingerprint density at radius 2 is 2.36 bits per heavy atom. The number of hydrogen-bond donors (Lipinski definition) is 1. The van der Waals surface area contributed by atoms with E-state index in [0.717, 1.165) is 0 Å². The maximum absolute atomic E-state index is 4.97. The lowest BCUT2D eigenvalue weighted by atomic mass is 10.4. The lowest BCUT2D eigenvalue weighted by Crippen LogP contribution is -2.04. The standard InChI is InChI=1S/C8H9N5O/c1-9-5-7-12-8(13-14-7)6-4-10-2-3-11-6/h2-4,9H,5H2,1H3. The van der Waals surface area contributed by atoms with Gasteiger partial charge in [-0.1, -0.05) is 5.16 Å². The van der Waals surface area contributed by atoms with E-state index in [9.17, 15) is 0 Å². The molecule has 0 atom stereocenters. The van der Waals surface area contributed by atoms with E-state index in [4.69, 9.17) is 4.52 Å². The Balaban J connectivity index is 2.25. The van der Waals surface area contributed by atoms with Gasteiger partial charge in [-0.3, -0.25) is 4.98 Å². The van der Waals surface area contributed by atoms with Crippen LogP contribution in [0.15, 0.2) is 23.1 Å². The zero-order chi connectivity index (χ0) is 9.80. The van der Waals surface area contributed by atoms with E-state index in [1.54, 1.807) is 18.6 Å². The number of nitrogens with zero attached hydrogens (tertiary/aromatic N) is 4. The molecule has 72 valence electrons. The van der Waals surface area contributed by atoms with Gasteiger partial charge in [-0.05, 0) is 7.05 Å². The Morgan fingerprint density at radius 3 is 3.07 bits per heavy atom. The molecule has 0 aliphatic carbocycles. The molecule has 2 rings (SSSR count). The average Bonchev–Trinajstić information content (AvgIpc) is 2.68. The van der Waals surface area contributed by atoms with Crippen molar-refractivity contribution in [1.29, 1.82) is 0 Å². The highest BCUT2D eigenvalue weighted by atomic mass is 16.5. The fourth-order valence-electron chi connectivity index (χ4n) is 0.996. The van der Waals surface area contributed by atoms with E-state index in [-0.39, 0.29) is 0 Å². The van der Waals surface area contributed by atoms with E-state index in [1.165, 1.54) is 0 Å². The van der Waals surface area contributed by atoms with Crippen LogP contribution in [-0.2, 0) is 6.54 Å². The highest BCUT2D eigenvalue weighted by Crippen LogP contribution is 2.10. The van der Waals surface area contributed by atoms with Crippen molar-refractivity contribution in [3.63, 3.8) is 0 Å². The minimum Gasteiger partial charge on any atom is -0.337 e. The summed E-state index contributed by atoms with van der Waals surface area (Å²) in [6.45, 7) is 0.549. The molecule has 6 heteroatoms. The third-order valence-corrected chi connectivity index (χ3v) is 1.59. The Hall–Kier alpha value is -1.82. The first kappa shape index (κ1) is 8.76. The van der Waals surface area contributed by atoms with Gasteiger partial charge in [0, 0.05) is 12.4 Å². The summed E-state index contributed by atoms with van der Waals surface area (Å²) in [5, 5.41) is 6.69. The summed E-state index contributed by atoms with van der Waals surface area (Å²) in [5.41, 5.74) is 0.610. The number of nitrogens with one attached hydrogen (secondary N) is 1. The molecule has 1 N–H and O–H groups in total. The highest BCUT2D eigenvalue weighted by molar-refractivity contribution is 5.45. The topological polar surface area (TPSA) is 76.7 Å². The molecule has 2 heterocycles. The largest absolute Gasteiger partial charge is 0.337 e. The summed E-state index contributed by atoms with van der Waals surface area (Å²) in [6, 6.07) is 0. The molecule has 0 saturated heterocycles. The molecule has 2 aromatic rings. The van der Waals surface area contributed by atoms with Crippen LogP contribution in [-0.4, -0.2) is 27.2 Å². The molecule has 0 amide bonds. The molecule has 0 aliphatic rings. The van der Waals surface area contributed by atoms with Gasteiger partial charge in [-0.2, -0.15) is 4.98 Å². The molecule has 6 nitrogen and oxygen atoms in total. The molecular formula is C8H9N5O. The predicted molar refractivity (Wildman–Crippen MR) is 48.1 cm³/mol. The van der Waals surface area contributed by atoms with Crippen LogP contribution >= 0.6 is 0 Å². The number of hydrogen-bond acceptors (Lipinski definition) is 6. The molecule has 0 unspecified atom stereocenters. The van der Waals surface area contributed by atoms with Crippen LogP contribution in [0.2, 0.25) is 0 Å². The zero-order valence-corrected chi connectivity index (χ0v) is 7.64. The fourth-order valence-corrected chi connectivity index (χ4v) is 0.996. The lowest BCUT2D eigenvalue weighted by Gasteiger charge is -1.89. The van der Waals surface area contributed by atoms with Crippen LogP contribution < -0.4 is 5.32 Å². The number of aromatic nitrogens is 4. The summed E-state index contributed by atoms with van der Waals surface area (Å²) >= 11 is 0. The van der Waals surface area contributed by atoms with Crippen LogP contribution in [0.25, 0.3) is 11.5 Å². The van der Waals surface area contributed by atoms with E-state index in [0.29, 0.717) is 24.0 Å². The number of rotatable bonds is 3. The van der Waals surface area contributed by atoms with Crippen LogP contribution in [0.5, 0.6) is 0 Å². The molecule has 14 heavy (non-hydrogen) atoms. The molecule has 0 aliphatic heterocycles. The molecule has 0 radical (unpaired) electrons. The van der Waals surface area contributed by atoms with E-state index < -0.39 is 0 Å². The van der Waals surface area contributed by atoms with Crippen molar-refractivity contribution < 1.29 is 4.52 Å². The minimum atomic E-state index is 0.461. The summed E-state index contributed by atoms with van der Waals surface area (Å²) in [6.07, 6.45) is 4.77. The van der Waals surface area contributed by atoms with Crippen molar-refractivity contribution in [3.05, 3.63) is 24.5 Å². The fraction of sp³-hybridized carbons (Fsp3) is 0.250. The quantitative estimate of drug-likeness (QED) is 0.749. The van der Waals surface area contributed by atoms with Crippen molar-refractivity contribution in [2.75, 3.05) is 7.05 Å². The van der Waals surface area contributed by atoms with E-state index in [2.05, 4.69) is 25.4 Å². The van der Waals surface area contributed by atoms with Crippen molar-refractivity contribution in [1.82, 2.24) is 25.4 Å². The molecule has 0 bridgehead atoms. The van der Waals surface area contributed by atoms with Gasteiger partial charge >= 0.3 is 0 Å². The summed E-state index contributed by atoms with van der Waals surface area (Å²) in [7, 11) is 1.81. The average molecular weight is 191 g/mol. The third-order valence-electron chi connectivity index (χ3n) is 1.59. The van der Waals surface area contributed by atoms with Gasteiger partial charge in [0.15, 0.2) is 0 Å². The third kappa shape index (κ3) is 1.74.